The van der Waals surface area contributed by atoms with Gasteiger partial charge in [0.05, 0.1) is 0 Å². The minimum atomic E-state index is -0.198. The number of hydrogen-bond donors (Lipinski definition) is 0. The summed E-state index contributed by atoms with van der Waals surface area (Å²) in [5.41, 5.74) is 1.99. The van der Waals surface area contributed by atoms with Crippen molar-refractivity contribution in [2.45, 2.75) is 67.2 Å². The maximum atomic E-state index is 13.9. The lowest BCUT2D eigenvalue weighted by Gasteiger charge is -2.19. The van der Waals surface area contributed by atoms with E-state index in [1.54, 1.807) is 0 Å². The van der Waals surface area contributed by atoms with Gasteiger partial charge in [-0.2, -0.15) is 0 Å². The molecular formula is C19H29FO. The van der Waals surface area contributed by atoms with Crippen molar-refractivity contribution in [1.29, 1.82) is 0 Å². The summed E-state index contributed by atoms with van der Waals surface area (Å²) >= 11 is 0. The third-order valence-electron chi connectivity index (χ3n) is 3.25. The lowest BCUT2D eigenvalue weighted by Crippen LogP contribution is -2.14. The van der Waals surface area contributed by atoms with Gasteiger partial charge in [-0.15, -0.1) is 0 Å². The minimum absolute atomic E-state index is 0.00368. The highest BCUT2D eigenvalue weighted by Gasteiger charge is 2.17. The Labute approximate surface area is 129 Å². The van der Waals surface area contributed by atoms with Gasteiger partial charge in [0.25, 0.3) is 0 Å². The second-order valence-electron chi connectivity index (χ2n) is 8.44. The summed E-state index contributed by atoms with van der Waals surface area (Å²) in [6.45, 7) is 12.7. The van der Waals surface area contributed by atoms with Crippen molar-refractivity contribution in [2.24, 2.45) is 10.8 Å². The Morgan fingerprint density at radius 3 is 2.19 bits per heavy atom. The van der Waals surface area contributed by atoms with E-state index in [-0.39, 0.29) is 22.4 Å². The molecule has 1 aromatic rings. The summed E-state index contributed by atoms with van der Waals surface area (Å²) in [5.74, 6) is 0.0133. The average Bonchev–Trinajstić information content (AvgIpc) is 2.25. The molecule has 1 rings (SSSR count). The van der Waals surface area contributed by atoms with E-state index in [1.807, 2.05) is 12.1 Å². The van der Waals surface area contributed by atoms with Crippen LogP contribution in [0.15, 0.2) is 18.2 Å². The fourth-order valence-corrected chi connectivity index (χ4v) is 2.50. The Kier molecular flexibility index (Phi) is 5.72. The first kappa shape index (κ1) is 17.9. The second kappa shape index (κ2) is 6.72. The van der Waals surface area contributed by atoms with Crippen LogP contribution in [0.25, 0.3) is 0 Å². The van der Waals surface area contributed by atoms with Crippen molar-refractivity contribution >= 4 is 5.78 Å². The molecule has 0 aliphatic heterocycles. The maximum absolute atomic E-state index is 13.9. The van der Waals surface area contributed by atoms with E-state index in [4.69, 9.17) is 0 Å². The molecule has 0 aromatic heterocycles. The van der Waals surface area contributed by atoms with Gasteiger partial charge < -0.3 is 0 Å². The molecule has 0 atom stereocenters. The first-order valence-electron chi connectivity index (χ1n) is 7.75. The zero-order chi connectivity index (χ0) is 16.3. The standard InChI is InChI=1S/C19H29FO/c1-18(2,3)12-14-7-10-17(20)15(11-14)8-9-16(21)13-19(4,5)6/h7,10-11H,8-9,12-13H2,1-6H3. The Bertz CT molecular complexity index is 489. The van der Waals surface area contributed by atoms with Crippen LogP contribution in [0.4, 0.5) is 4.39 Å². The average molecular weight is 292 g/mol. The monoisotopic (exact) mass is 292 g/mol. The van der Waals surface area contributed by atoms with Gasteiger partial charge in [-0.3, -0.25) is 4.79 Å². The molecule has 0 amide bonds. The molecule has 0 saturated heterocycles. The van der Waals surface area contributed by atoms with E-state index < -0.39 is 0 Å². The molecule has 2 heteroatoms. The molecule has 1 nitrogen and oxygen atoms in total. The molecule has 118 valence electrons. The third kappa shape index (κ3) is 7.40. The molecular weight excluding hydrogens is 263 g/mol. The normalized spacial score (nSPS) is 12.5. The number of Topliss-reactive ketones (excluding diaryl/α,β-unsaturated/α-hetero) is 1. The molecule has 0 bridgehead atoms. The third-order valence-corrected chi connectivity index (χ3v) is 3.25. The second-order valence-corrected chi connectivity index (χ2v) is 8.44. The van der Waals surface area contributed by atoms with Crippen LogP contribution in [0, 0.1) is 16.6 Å². The van der Waals surface area contributed by atoms with E-state index in [9.17, 15) is 9.18 Å². The predicted molar refractivity (Wildman–Crippen MR) is 87.0 cm³/mol. The lowest BCUT2D eigenvalue weighted by atomic mass is 9.86. The quantitative estimate of drug-likeness (QED) is 0.714. The van der Waals surface area contributed by atoms with E-state index >= 15 is 0 Å². The maximum Gasteiger partial charge on any atom is 0.133 e. The summed E-state index contributed by atoms with van der Waals surface area (Å²) in [7, 11) is 0. The van der Waals surface area contributed by atoms with Gasteiger partial charge in [-0.1, -0.05) is 53.7 Å². The fourth-order valence-electron chi connectivity index (χ4n) is 2.50. The van der Waals surface area contributed by atoms with Gasteiger partial charge >= 0.3 is 0 Å². The fraction of sp³-hybridized carbons (Fsp3) is 0.632. The number of halogens is 1. The van der Waals surface area contributed by atoms with E-state index in [0.29, 0.717) is 24.8 Å². The smallest absolute Gasteiger partial charge is 0.133 e. The van der Waals surface area contributed by atoms with Crippen LogP contribution in [0.5, 0.6) is 0 Å². The van der Waals surface area contributed by atoms with Crippen LogP contribution < -0.4 is 0 Å². The van der Waals surface area contributed by atoms with Crippen LogP contribution in [-0.2, 0) is 17.6 Å². The van der Waals surface area contributed by atoms with Crippen molar-refractivity contribution in [2.75, 3.05) is 0 Å². The number of ketones is 1. The number of benzene rings is 1. The van der Waals surface area contributed by atoms with Crippen LogP contribution in [0.1, 0.15) is 65.5 Å². The molecule has 1 aromatic carbocycles. The molecule has 21 heavy (non-hydrogen) atoms. The topological polar surface area (TPSA) is 17.1 Å². The van der Waals surface area contributed by atoms with Gasteiger partial charge in [0.2, 0.25) is 0 Å². The SMILES string of the molecule is CC(C)(C)CC(=O)CCc1cc(CC(C)(C)C)ccc1F. The lowest BCUT2D eigenvalue weighted by molar-refractivity contribution is -0.120. The van der Waals surface area contributed by atoms with Gasteiger partial charge in [-0.05, 0) is 40.9 Å². The largest absolute Gasteiger partial charge is 0.300 e. The Balaban J connectivity index is 2.70. The Morgan fingerprint density at radius 1 is 1.05 bits per heavy atom. The van der Waals surface area contributed by atoms with Crippen molar-refractivity contribution in [3.05, 3.63) is 35.1 Å². The van der Waals surface area contributed by atoms with Crippen molar-refractivity contribution in [3.8, 4) is 0 Å². The van der Waals surface area contributed by atoms with Crippen LogP contribution in [-0.4, -0.2) is 5.78 Å². The molecule has 0 saturated carbocycles. The summed E-state index contributed by atoms with van der Waals surface area (Å²) in [4.78, 5) is 11.9. The first-order chi connectivity index (χ1) is 9.46. The zero-order valence-electron chi connectivity index (χ0n) is 14.3. The van der Waals surface area contributed by atoms with E-state index in [0.717, 1.165) is 12.0 Å². The molecule has 0 radical (unpaired) electrons. The van der Waals surface area contributed by atoms with Gasteiger partial charge in [0.15, 0.2) is 0 Å². The number of hydrogen-bond acceptors (Lipinski definition) is 1. The summed E-state index contributed by atoms with van der Waals surface area (Å²) in [6.07, 6.45) is 2.39. The van der Waals surface area contributed by atoms with Gasteiger partial charge in [0, 0.05) is 12.8 Å². The van der Waals surface area contributed by atoms with Gasteiger partial charge in [0.1, 0.15) is 11.6 Å². The van der Waals surface area contributed by atoms with Crippen molar-refractivity contribution in [3.63, 3.8) is 0 Å². The van der Waals surface area contributed by atoms with Crippen LogP contribution >= 0.6 is 0 Å². The summed E-state index contributed by atoms with van der Waals surface area (Å²) in [5, 5.41) is 0. The van der Waals surface area contributed by atoms with E-state index in [1.165, 1.54) is 6.07 Å². The van der Waals surface area contributed by atoms with Crippen LogP contribution in [0.2, 0.25) is 0 Å². The van der Waals surface area contributed by atoms with Crippen LogP contribution in [0.3, 0.4) is 0 Å². The Hall–Kier alpha value is -1.18. The number of aryl methyl sites for hydroxylation is 1. The van der Waals surface area contributed by atoms with Crippen molar-refractivity contribution in [1.82, 2.24) is 0 Å². The molecule has 0 spiro atoms. The highest BCUT2D eigenvalue weighted by Crippen LogP contribution is 2.24. The van der Waals surface area contributed by atoms with E-state index in [2.05, 4.69) is 41.5 Å². The molecule has 0 fully saturated rings. The minimum Gasteiger partial charge on any atom is -0.300 e. The predicted octanol–water partition coefficient (Wildman–Crippen LogP) is 5.35. The molecule has 0 heterocycles. The summed E-state index contributed by atoms with van der Waals surface area (Å²) < 4.78 is 13.9. The number of carbonyl (C=O) groups is 1. The number of rotatable bonds is 5. The zero-order valence-corrected chi connectivity index (χ0v) is 14.3. The first-order valence-corrected chi connectivity index (χ1v) is 7.75. The highest BCUT2D eigenvalue weighted by molar-refractivity contribution is 5.79. The Morgan fingerprint density at radius 2 is 1.67 bits per heavy atom. The molecule has 0 N–H and O–H groups in total. The van der Waals surface area contributed by atoms with Crippen molar-refractivity contribution < 1.29 is 9.18 Å². The number of carbonyl (C=O) groups excluding carboxylic acids is 1. The summed E-state index contributed by atoms with van der Waals surface area (Å²) in [6, 6.07) is 5.30. The molecule has 0 aliphatic rings. The highest BCUT2D eigenvalue weighted by atomic mass is 19.1. The molecule has 0 aliphatic carbocycles. The van der Waals surface area contributed by atoms with Gasteiger partial charge in [-0.25, -0.2) is 4.39 Å². The molecule has 0 unspecified atom stereocenters.